The summed E-state index contributed by atoms with van der Waals surface area (Å²) in [5.41, 5.74) is 2.05. The van der Waals surface area contributed by atoms with Crippen molar-refractivity contribution in [1.82, 2.24) is 14.8 Å². The Labute approximate surface area is 179 Å². The molecule has 3 heterocycles. The van der Waals surface area contributed by atoms with Crippen molar-refractivity contribution in [1.29, 1.82) is 5.41 Å². The highest BCUT2D eigenvalue weighted by atomic mass is 32.1. The van der Waals surface area contributed by atoms with Gasteiger partial charge in [-0.25, -0.2) is 4.98 Å². The predicted molar refractivity (Wildman–Crippen MR) is 117 cm³/mol. The Kier molecular flexibility index (Phi) is 6.21. The molecular formula is C21H26N4O4S. The molecule has 1 saturated heterocycles. The van der Waals surface area contributed by atoms with Gasteiger partial charge in [0.25, 0.3) is 0 Å². The molecule has 2 aliphatic heterocycles. The minimum Gasteiger partial charge on any atom is -0.510 e. The summed E-state index contributed by atoms with van der Waals surface area (Å²) in [6.07, 6.45) is 0. The second-order valence-corrected chi connectivity index (χ2v) is 8.01. The monoisotopic (exact) mass is 430 g/mol. The van der Waals surface area contributed by atoms with Crippen molar-refractivity contribution in [3.8, 4) is 22.8 Å². The second kappa shape index (κ2) is 9.03. The third-order valence-electron chi connectivity index (χ3n) is 5.37. The van der Waals surface area contributed by atoms with Crippen molar-refractivity contribution in [2.24, 2.45) is 0 Å². The number of hydrogen-bond acceptors (Lipinski definition) is 8. The molecule has 0 bridgehead atoms. The third-order valence-corrected chi connectivity index (χ3v) is 6.23. The summed E-state index contributed by atoms with van der Waals surface area (Å²) in [5, 5.41) is 21.7. The topological polar surface area (TPSA) is 91.1 Å². The molecule has 30 heavy (non-hydrogen) atoms. The smallest absolute Gasteiger partial charge is 0.135 e. The molecule has 4 rings (SSSR count). The number of morpholine rings is 1. The maximum Gasteiger partial charge on any atom is 0.135 e. The Bertz CT molecular complexity index is 952. The van der Waals surface area contributed by atoms with Crippen molar-refractivity contribution in [3.63, 3.8) is 0 Å². The minimum absolute atomic E-state index is 0.195. The fourth-order valence-corrected chi connectivity index (χ4v) is 4.55. The summed E-state index contributed by atoms with van der Waals surface area (Å²) in [4.78, 5) is 8.92. The van der Waals surface area contributed by atoms with Gasteiger partial charge in [-0.05, 0) is 18.2 Å². The SMILES string of the molecule is COc1ccc(OC)c(-c2csc(C3=C(O)CN(CCN4CCOCC4)C3=N)n2)c1. The van der Waals surface area contributed by atoms with Crippen molar-refractivity contribution in [2.45, 2.75) is 0 Å². The van der Waals surface area contributed by atoms with Crippen LogP contribution >= 0.6 is 11.3 Å². The van der Waals surface area contributed by atoms with E-state index in [1.807, 2.05) is 28.5 Å². The quantitative estimate of drug-likeness (QED) is 0.698. The standard InChI is InChI=1S/C21H26N4O4S/c1-27-14-3-4-18(28-2)15(11-14)16-13-30-21(23-16)19-17(26)12-25(20(19)22)6-5-24-7-9-29-10-8-24/h3-4,11,13,22,26H,5-10,12H2,1-2H3. The molecule has 1 aromatic heterocycles. The van der Waals surface area contributed by atoms with Gasteiger partial charge in [0.15, 0.2) is 0 Å². The zero-order chi connectivity index (χ0) is 21.1. The van der Waals surface area contributed by atoms with Crippen LogP contribution in [0.4, 0.5) is 0 Å². The van der Waals surface area contributed by atoms with E-state index in [-0.39, 0.29) is 5.76 Å². The van der Waals surface area contributed by atoms with Gasteiger partial charge in [0.05, 0.1) is 45.2 Å². The van der Waals surface area contributed by atoms with Gasteiger partial charge in [-0.15, -0.1) is 11.3 Å². The Hall–Kier alpha value is -2.62. The lowest BCUT2D eigenvalue weighted by atomic mass is 10.1. The Morgan fingerprint density at radius 1 is 1.20 bits per heavy atom. The average Bonchev–Trinajstić information content (AvgIpc) is 3.36. The minimum atomic E-state index is 0.195. The van der Waals surface area contributed by atoms with Crippen LogP contribution < -0.4 is 9.47 Å². The van der Waals surface area contributed by atoms with Crippen LogP contribution in [0.5, 0.6) is 11.5 Å². The first-order valence-corrected chi connectivity index (χ1v) is 10.7. The summed E-state index contributed by atoms with van der Waals surface area (Å²) in [7, 11) is 3.23. The molecule has 2 aliphatic rings. The highest BCUT2D eigenvalue weighted by molar-refractivity contribution is 7.11. The van der Waals surface area contributed by atoms with Gasteiger partial charge in [0, 0.05) is 37.1 Å². The van der Waals surface area contributed by atoms with E-state index in [1.165, 1.54) is 11.3 Å². The van der Waals surface area contributed by atoms with E-state index in [1.54, 1.807) is 14.2 Å². The van der Waals surface area contributed by atoms with Crippen LogP contribution in [0.1, 0.15) is 5.01 Å². The lowest BCUT2D eigenvalue weighted by molar-refractivity contribution is 0.0361. The number of ether oxygens (including phenoxy) is 3. The average molecular weight is 431 g/mol. The molecule has 0 atom stereocenters. The molecule has 0 radical (unpaired) electrons. The Morgan fingerprint density at radius 2 is 2.00 bits per heavy atom. The third kappa shape index (κ3) is 4.14. The van der Waals surface area contributed by atoms with E-state index < -0.39 is 0 Å². The van der Waals surface area contributed by atoms with Crippen LogP contribution in [0.3, 0.4) is 0 Å². The van der Waals surface area contributed by atoms with Crippen LogP contribution in [0, 0.1) is 5.41 Å². The first-order chi connectivity index (χ1) is 14.6. The van der Waals surface area contributed by atoms with Crippen LogP contribution in [0.15, 0.2) is 29.3 Å². The molecule has 0 spiro atoms. The maximum atomic E-state index is 10.6. The van der Waals surface area contributed by atoms with Gasteiger partial charge in [-0.1, -0.05) is 0 Å². The van der Waals surface area contributed by atoms with Crippen molar-refractivity contribution >= 4 is 22.7 Å². The predicted octanol–water partition coefficient (Wildman–Crippen LogP) is 2.72. The molecule has 2 N–H and O–H groups in total. The van der Waals surface area contributed by atoms with E-state index in [0.717, 1.165) is 44.1 Å². The molecule has 9 heteroatoms. The first kappa shape index (κ1) is 20.6. The van der Waals surface area contributed by atoms with E-state index in [9.17, 15) is 5.11 Å². The van der Waals surface area contributed by atoms with E-state index in [2.05, 4.69) is 4.90 Å². The van der Waals surface area contributed by atoms with Gasteiger partial charge in [-0.3, -0.25) is 10.3 Å². The Balaban J connectivity index is 1.50. The molecule has 1 fully saturated rings. The molecule has 160 valence electrons. The van der Waals surface area contributed by atoms with Crippen LogP contribution in [0.2, 0.25) is 0 Å². The number of nitrogens with zero attached hydrogens (tertiary/aromatic N) is 3. The zero-order valence-electron chi connectivity index (χ0n) is 17.2. The van der Waals surface area contributed by atoms with Gasteiger partial charge < -0.3 is 24.2 Å². The normalized spacial score (nSPS) is 17.7. The number of aliphatic hydroxyl groups is 1. The summed E-state index contributed by atoms with van der Waals surface area (Å²) in [5.74, 6) is 1.92. The molecule has 1 aromatic carbocycles. The van der Waals surface area contributed by atoms with E-state index >= 15 is 0 Å². The number of rotatable bonds is 7. The highest BCUT2D eigenvalue weighted by Crippen LogP contribution is 2.37. The molecule has 0 unspecified atom stereocenters. The van der Waals surface area contributed by atoms with Crippen molar-refractivity contribution in [2.75, 3.05) is 60.2 Å². The molecule has 0 amide bonds. The highest BCUT2D eigenvalue weighted by Gasteiger charge is 2.30. The molecule has 8 nitrogen and oxygen atoms in total. The molecule has 2 aromatic rings. The van der Waals surface area contributed by atoms with Crippen LogP contribution in [0.25, 0.3) is 16.8 Å². The lowest BCUT2D eigenvalue weighted by Crippen LogP contribution is -2.42. The fourth-order valence-electron chi connectivity index (χ4n) is 3.66. The first-order valence-electron chi connectivity index (χ1n) is 9.85. The van der Waals surface area contributed by atoms with Crippen molar-refractivity contribution < 1.29 is 19.3 Å². The van der Waals surface area contributed by atoms with E-state index in [4.69, 9.17) is 24.6 Å². The fraction of sp³-hybridized carbons (Fsp3) is 0.429. The van der Waals surface area contributed by atoms with Gasteiger partial charge in [0.1, 0.15) is 28.1 Å². The number of amidine groups is 1. The lowest BCUT2D eigenvalue weighted by Gasteiger charge is -2.29. The number of thiazole rings is 1. The molecular weight excluding hydrogens is 404 g/mol. The number of aliphatic hydroxyl groups excluding tert-OH is 1. The summed E-state index contributed by atoms with van der Waals surface area (Å²) >= 11 is 1.41. The van der Waals surface area contributed by atoms with Crippen molar-refractivity contribution in [3.05, 3.63) is 34.3 Å². The van der Waals surface area contributed by atoms with Crippen LogP contribution in [-0.2, 0) is 4.74 Å². The number of aromatic nitrogens is 1. The maximum absolute atomic E-state index is 10.6. The Morgan fingerprint density at radius 3 is 2.73 bits per heavy atom. The number of benzene rings is 1. The molecule has 0 saturated carbocycles. The van der Waals surface area contributed by atoms with Crippen LogP contribution in [-0.4, -0.2) is 85.9 Å². The summed E-state index contributed by atoms with van der Waals surface area (Å²) in [6, 6.07) is 5.55. The summed E-state index contributed by atoms with van der Waals surface area (Å²) < 4.78 is 16.2. The van der Waals surface area contributed by atoms with E-state index in [0.29, 0.717) is 41.0 Å². The number of nitrogens with one attached hydrogen (secondary N) is 1. The zero-order valence-corrected chi connectivity index (χ0v) is 18.0. The van der Waals surface area contributed by atoms with Gasteiger partial charge >= 0.3 is 0 Å². The molecule has 0 aliphatic carbocycles. The summed E-state index contributed by atoms with van der Waals surface area (Å²) in [6.45, 7) is 5.20. The number of methoxy groups -OCH3 is 2. The van der Waals surface area contributed by atoms with Gasteiger partial charge in [-0.2, -0.15) is 0 Å². The second-order valence-electron chi connectivity index (χ2n) is 7.15. The largest absolute Gasteiger partial charge is 0.510 e. The van der Waals surface area contributed by atoms with Gasteiger partial charge in [0.2, 0.25) is 0 Å². The number of hydrogen-bond donors (Lipinski definition) is 2.